The summed E-state index contributed by atoms with van der Waals surface area (Å²) in [7, 11) is 0. The van der Waals surface area contributed by atoms with Crippen molar-refractivity contribution in [2.45, 2.75) is 70.0 Å². The quantitative estimate of drug-likeness (QED) is 0.0788. The lowest BCUT2D eigenvalue weighted by molar-refractivity contribution is -0.325. The first-order valence-corrected chi connectivity index (χ1v) is 16.8. The highest BCUT2D eigenvalue weighted by Gasteiger charge is 2.49. The lowest BCUT2D eigenvalue weighted by Crippen LogP contribution is -2.62. The molecule has 0 spiro atoms. The number of hydrogen-bond donors (Lipinski definition) is 0. The molecule has 1 aliphatic heterocycles. The van der Waals surface area contributed by atoms with Crippen LogP contribution in [0.4, 0.5) is 0 Å². The minimum absolute atomic E-state index is 0.117. The Morgan fingerprint density at radius 3 is 1.44 bits per heavy atom. The van der Waals surface area contributed by atoms with Crippen molar-refractivity contribution < 1.29 is 42.7 Å². The number of benzene rings is 4. The molecule has 1 aliphatic rings. The zero-order valence-corrected chi connectivity index (χ0v) is 28.0. The van der Waals surface area contributed by atoms with Gasteiger partial charge in [0.05, 0.1) is 39.3 Å². The molecule has 0 radical (unpaired) electrons. The largest absolute Gasteiger partial charge is 0.463 e. The van der Waals surface area contributed by atoms with Crippen molar-refractivity contribution >= 4 is 11.9 Å². The molecule has 0 bridgehead atoms. The summed E-state index contributed by atoms with van der Waals surface area (Å²) in [6, 6.07) is 38.7. The Morgan fingerprint density at radius 2 is 0.960 bits per heavy atom. The first-order valence-electron chi connectivity index (χ1n) is 16.8. The second kappa shape index (κ2) is 20.1. The van der Waals surface area contributed by atoms with Gasteiger partial charge in [-0.3, -0.25) is 9.59 Å². The van der Waals surface area contributed by atoms with E-state index in [0.717, 1.165) is 22.3 Å². The van der Waals surface area contributed by atoms with Gasteiger partial charge in [0.2, 0.25) is 0 Å². The molecular formula is C41H44O9. The normalized spacial score (nSPS) is 20.1. The molecule has 0 amide bonds. The van der Waals surface area contributed by atoms with Crippen LogP contribution in [0.15, 0.2) is 134 Å². The van der Waals surface area contributed by atoms with Gasteiger partial charge in [0.15, 0.2) is 6.29 Å². The van der Waals surface area contributed by atoms with Crippen molar-refractivity contribution in [2.24, 2.45) is 0 Å². The number of rotatable bonds is 19. The molecule has 1 saturated heterocycles. The van der Waals surface area contributed by atoms with Crippen LogP contribution in [-0.4, -0.2) is 55.9 Å². The van der Waals surface area contributed by atoms with Crippen molar-refractivity contribution in [1.82, 2.24) is 0 Å². The second-order valence-electron chi connectivity index (χ2n) is 11.8. The first kappa shape index (κ1) is 36.6. The van der Waals surface area contributed by atoms with Crippen molar-refractivity contribution in [1.29, 1.82) is 0 Å². The molecule has 0 saturated carbocycles. The number of ether oxygens (including phenoxy) is 7. The third-order valence-corrected chi connectivity index (χ3v) is 8.01. The third kappa shape index (κ3) is 11.8. The van der Waals surface area contributed by atoms with E-state index in [0.29, 0.717) is 0 Å². The molecule has 3 unspecified atom stereocenters. The van der Waals surface area contributed by atoms with E-state index >= 15 is 0 Å². The van der Waals surface area contributed by atoms with E-state index < -0.39 is 42.6 Å². The minimum atomic E-state index is -0.897. The second-order valence-corrected chi connectivity index (χ2v) is 11.8. The summed E-state index contributed by atoms with van der Waals surface area (Å²) in [5, 5.41) is 0. The Balaban J connectivity index is 1.32. The summed E-state index contributed by atoms with van der Waals surface area (Å²) in [6.45, 7) is 4.75. The van der Waals surface area contributed by atoms with Gasteiger partial charge in [-0.2, -0.15) is 0 Å². The van der Waals surface area contributed by atoms with Gasteiger partial charge in [-0.15, -0.1) is 6.58 Å². The zero-order chi connectivity index (χ0) is 34.8. The molecule has 4 aromatic carbocycles. The Labute approximate surface area is 293 Å². The van der Waals surface area contributed by atoms with Crippen LogP contribution in [0.25, 0.3) is 0 Å². The van der Waals surface area contributed by atoms with E-state index in [1.54, 1.807) is 6.08 Å². The average molecular weight is 681 g/mol. The molecule has 1 fully saturated rings. The van der Waals surface area contributed by atoms with Gasteiger partial charge in [-0.05, 0) is 22.3 Å². The van der Waals surface area contributed by atoms with E-state index in [-0.39, 0.29) is 52.5 Å². The lowest BCUT2D eigenvalue weighted by atomic mass is 9.97. The highest BCUT2D eigenvalue weighted by atomic mass is 16.7. The molecule has 9 heteroatoms. The number of carbonyl (C=O) groups is 2. The number of carbonyl (C=O) groups excluding carboxylic acids is 2. The fraction of sp³-hybridized carbons (Fsp3) is 0.317. The minimum Gasteiger partial charge on any atom is -0.463 e. The molecule has 0 N–H and O–H groups in total. The van der Waals surface area contributed by atoms with Crippen molar-refractivity contribution in [3.8, 4) is 0 Å². The summed E-state index contributed by atoms with van der Waals surface area (Å²) >= 11 is 0. The molecule has 9 nitrogen and oxygen atoms in total. The zero-order valence-electron chi connectivity index (χ0n) is 28.0. The van der Waals surface area contributed by atoms with Crippen LogP contribution in [0.3, 0.4) is 0 Å². The maximum absolute atomic E-state index is 12.9. The Kier molecular flexibility index (Phi) is 14.8. The van der Waals surface area contributed by atoms with Gasteiger partial charge in [-0.1, -0.05) is 127 Å². The van der Waals surface area contributed by atoms with Crippen molar-refractivity contribution in [2.75, 3.05) is 13.2 Å². The number of hydrogen-bond acceptors (Lipinski definition) is 9. The topological polar surface area (TPSA) is 98.8 Å². The van der Waals surface area contributed by atoms with Gasteiger partial charge in [0.25, 0.3) is 0 Å². The molecule has 5 atom stereocenters. The van der Waals surface area contributed by atoms with Gasteiger partial charge >= 0.3 is 11.9 Å². The fourth-order valence-electron chi connectivity index (χ4n) is 5.44. The SMILES string of the molecule is C=CCO[C@H]1OC(COC(=O)CCC(=O)OCc2ccccc2)[C@@H](OCc2ccccc2)C(OCc2ccccc2)C1OCc1ccccc1. The van der Waals surface area contributed by atoms with Crippen LogP contribution < -0.4 is 0 Å². The van der Waals surface area contributed by atoms with Crippen LogP contribution in [0, 0.1) is 0 Å². The van der Waals surface area contributed by atoms with Crippen LogP contribution in [0.2, 0.25) is 0 Å². The first-order chi connectivity index (χ1) is 24.6. The van der Waals surface area contributed by atoms with E-state index in [9.17, 15) is 9.59 Å². The standard InChI is InChI=1S/C41H44O9/c1-2-25-44-41-40(49-29-34-21-13-6-14-22-34)39(48-28-33-19-11-5-12-20-33)38(47-27-32-17-9-4-10-18-32)35(50-41)30-46-37(43)24-23-36(42)45-26-31-15-7-3-8-16-31/h2-22,35,38-41H,1,23-30H2/t35?,38-,39?,40?,41+/m1/s1. The van der Waals surface area contributed by atoms with E-state index in [4.69, 9.17) is 33.2 Å². The Hall–Kier alpha value is -4.64. The maximum atomic E-state index is 12.9. The van der Waals surface area contributed by atoms with Gasteiger partial charge in [0, 0.05) is 0 Å². The van der Waals surface area contributed by atoms with Crippen LogP contribution in [0.5, 0.6) is 0 Å². The number of esters is 2. The van der Waals surface area contributed by atoms with Crippen molar-refractivity contribution in [3.05, 3.63) is 156 Å². The van der Waals surface area contributed by atoms with Crippen molar-refractivity contribution in [3.63, 3.8) is 0 Å². The smallest absolute Gasteiger partial charge is 0.306 e. The molecule has 0 aromatic heterocycles. The summed E-state index contributed by atoms with van der Waals surface area (Å²) in [5.41, 5.74) is 3.75. The highest BCUT2D eigenvalue weighted by molar-refractivity contribution is 5.77. The molecule has 0 aliphatic carbocycles. The predicted octanol–water partition coefficient (Wildman–Crippen LogP) is 6.74. The molecule has 1 heterocycles. The summed E-state index contributed by atoms with van der Waals surface area (Å²) < 4.78 is 43.2. The average Bonchev–Trinajstić information content (AvgIpc) is 3.17. The van der Waals surface area contributed by atoms with E-state index in [2.05, 4.69) is 6.58 Å². The van der Waals surface area contributed by atoms with E-state index in [1.165, 1.54) is 0 Å². The summed E-state index contributed by atoms with van der Waals surface area (Å²) in [5.74, 6) is -1.06. The van der Waals surface area contributed by atoms with Gasteiger partial charge in [-0.25, -0.2) is 0 Å². The summed E-state index contributed by atoms with van der Waals surface area (Å²) in [4.78, 5) is 25.2. The lowest BCUT2D eigenvalue weighted by Gasteiger charge is -2.45. The molecule has 262 valence electrons. The van der Waals surface area contributed by atoms with Gasteiger partial charge in [0.1, 0.15) is 37.6 Å². The highest BCUT2D eigenvalue weighted by Crippen LogP contribution is 2.31. The fourth-order valence-corrected chi connectivity index (χ4v) is 5.44. The molecule has 4 aromatic rings. The van der Waals surface area contributed by atoms with Crippen LogP contribution in [0.1, 0.15) is 35.1 Å². The Morgan fingerprint density at radius 1 is 0.540 bits per heavy atom. The molecule has 50 heavy (non-hydrogen) atoms. The monoisotopic (exact) mass is 680 g/mol. The van der Waals surface area contributed by atoms with Gasteiger partial charge < -0.3 is 33.2 Å². The van der Waals surface area contributed by atoms with E-state index in [1.807, 2.05) is 121 Å². The molecule has 5 rings (SSSR count). The summed E-state index contributed by atoms with van der Waals surface area (Å²) in [6.07, 6.45) is -2.47. The van der Waals surface area contributed by atoms with Crippen LogP contribution in [-0.2, 0) is 69.2 Å². The maximum Gasteiger partial charge on any atom is 0.306 e. The predicted molar refractivity (Wildman–Crippen MR) is 186 cm³/mol. The molecular weight excluding hydrogens is 636 g/mol. The Bertz CT molecular complexity index is 1570. The van der Waals surface area contributed by atoms with Crippen LogP contribution >= 0.6 is 0 Å². The third-order valence-electron chi connectivity index (χ3n) is 8.01.